The predicted octanol–water partition coefficient (Wildman–Crippen LogP) is 4.60. The second kappa shape index (κ2) is 6.87. The molecule has 4 nitrogen and oxygen atoms in total. The Bertz CT molecular complexity index is 1060. The number of amides is 1. The number of thiophene rings is 1. The zero-order valence-electron chi connectivity index (χ0n) is 14.4. The molecule has 8 heteroatoms. The van der Waals surface area contributed by atoms with Gasteiger partial charge in [0.2, 0.25) is 5.91 Å². The van der Waals surface area contributed by atoms with Crippen LogP contribution in [0.2, 0.25) is 0 Å². The van der Waals surface area contributed by atoms with Crippen molar-refractivity contribution in [2.75, 3.05) is 11.4 Å². The summed E-state index contributed by atoms with van der Waals surface area (Å²) < 4.78 is 39.0. The summed E-state index contributed by atoms with van der Waals surface area (Å²) in [6, 6.07) is 9.98. The van der Waals surface area contributed by atoms with Gasteiger partial charge in [-0.15, -0.1) is 11.3 Å². The summed E-state index contributed by atoms with van der Waals surface area (Å²) in [5.41, 5.74) is 1.01. The molecule has 142 valence electrons. The molecule has 1 amide bonds. The van der Waals surface area contributed by atoms with E-state index in [2.05, 4.69) is 4.98 Å². The van der Waals surface area contributed by atoms with E-state index < -0.39 is 11.7 Å². The van der Waals surface area contributed by atoms with Gasteiger partial charge in [-0.3, -0.25) is 14.6 Å². The van der Waals surface area contributed by atoms with E-state index in [1.54, 1.807) is 29.6 Å². The fraction of sp³-hybridized carbons (Fsp3) is 0.150. The van der Waals surface area contributed by atoms with Crippen LogP contribution in [0.4, 0.5) is 18.9 Å². The van der Waals surface area contributed by atoms with Gasteiger partial charge in [0.15, 0.2) is 5.78 Å². The van der Waals surface area contributed by atoms with Crippen molar-refractivity contribution < 1.29 is 22.8 Å². The summed E-state index contributed by atoms with van der Waals surface area (Å²) in [4.78, 5) is 30.9. The molecule has 3 aromatic rings. The average Bonchev–Trinajstić information content (AvgIpc) is 3.30. The Morgan fingerprint density at radius 1 is 1.14 bits per heavy atom. The first-order chi connectivity index (χ1) is 13.3. The van der Waals surface area contributed by atoms with Crippen LogP contribution in [-0.2, 0) is 17.4 Å². The Hall–Kier alpha value is -3.00. The first-order valence-electron chi connectivity index (χ1n) is 8.36. The van der Waals surface area contributed by atoms with Crippen LogP contribution < -0.4 is 4.90 Å². The molecule has 0 atom stereocenters. The van der Waals surface area contributed by atoms with Crippen molar-refractivity contribution in [2.24, 2.45) is 0 Å². The molecule has 0 radical (unpaired) electrons. The molecule has 1 aliphatic rings. The lowest BCUT2D eigenvalue weighted by Gasteiger charge is -2.17. The highest BCUT2D eigenvalue weighted by Gasteiger charge is 2.32. The molecule has 0 fully saturated rings. The van der Waals surface area contributed by atoms with Gasteiger partial charge in [0.1, 0.15) is 0 Å². The van der Waals surface area contributed by atoms with Crippen LogP contribution in [0.25, 0.3) is 11.1 Å². The fourth-order valence-corrected chi connectivity index (χ4v) is 3.75. The summed E-state index contributed by atoms with van der Waals surface area (Å²) in [5.74, 6) is -0.450. The molecule has 0 saturated heterocycles. The molecule has 4 rings (SSSR count). The zero-order valence-corrected chi connectivity index (χ0v) is 15.2. The first kappa shape index (κ1) is 18.4. The number of rotatable bonds is 4. The minimum absolute atomic E-state index is 0.0654. The van der Waals surface area contributed by atoms with Crippen molar-refractivity contribution in [3.05, 3.63) is 70.2 Å². The molecule has 0 unspecified atom stereocenters. The molecule has 28 heavy (non-hydrogen) atoms. The van der Waals surface area contributed by atoms with E-state index in [4.69, 9.17) is 0 Å². The smallest absolute Gasteiger partial charge is 0.302 e. The highest BCUT2D eigenvalue weighted by atomic mass is 32.1. The maximum atomic E-state index is 13.0. The fourth-order valence-electron chi connectivity index (χ4n) is 3.09. The van der Waals surface area contributed by atoms with Crippen LogP contribution in [0.15, 0.2) is 54.0 Å². The molecule has 2 aromatic heterocycles. The number of fused-ring (bicyclic) bond motifs is 1. The maximum absolute atomic E-state index is 13.0. The van der Waals surface area contributed by atoms with Gasteiger partial charge in [-0.1, -0.05) is 18.2 Å². The number of halogens is 3. The van der Waals surface area contributed by atoms with Crippen LogP contribution in [0.3, 0.4) is 0 Å². The van der Waals surface area contributed by atoms with Gasteiger partial charge < -0.3 is 4.90 Å². The van der Waals surface area contributed by atoms with Gasteiger partial charge in [-0.2, -0.15) is 13.2 Å². The number of pyridine rings is 1. The average molecular weight is 402 g/mol. The number of anilines is 1. The van der Waals surface area contributed by atoms with Gasteiger partial charge in [0.05, 0.1) is 34.8 Å². The molecular formula is C20H13F3N2O2S. The lowest BCUT2D eigenvalue weighted by Crippen LogP contribution is -2.32. The highest BCUT2D eigenvalue weighted by Crippen LogP contribution is 2.35. The third-order valence-electron chi connectivity index (χ3n) is 4.48. The highest BCUT2D eigenvalue weighted by molar-refractivity contribution is 7.12. The Labute approximate surface area is 162 Å². The number of nitrogens with zero attached hydrogens (tertiary/aromatic N) is 2. The van der Waals surface area contributed by atoms with E-state index in [1.165, 1.54) is 28.5 Å². The maximum Gasteiger partial charge on any atom is 0.416 e. The number of Topliss-reactive ketones (excluding diaryl/α,β-unsaturated/α-hetero) is 1. The number of ketones is 1. The molecule has 0 saturated carbocycles. The Morgan fingerprint density at radius 2 is 1.96 bits per heavy atom. The number of benzene rings is 1. The Kier molecular flexibility index (Phi) is 4.50. The summed E-state index contributed by atoms with van der Waals surface area (Å²) in [5, 5.41) is 1.78. The van der Waals surface area contributed by atoms with Gasteiger partial charge in [-0.25, -0.2) is 0 Å². The first-order valence-corrected chi connectivity index (χ1v) is 9.24. The predicted molar refractivity (Wildman–Crippen MR) is 99.4 cm³/mol. The molecule has 0 N–H and O–H groups in total. The lowest BCUT2D eigenvalue weighted by atomic mass is 10.0. The molecule has 1 aliphatic heterocycles. The monoisotopic (exact) mass is 402 g/mol. The summed E-state index contributed by atoms with van der Waals surface area (Å²) >= 11 is 1.29. The van der Waals surface area contributed by atoms with Crippen molar-refractivity contribution in [1.29, 1.82) is 0 Å². The third kappa shape index (κ3) is 3.43. The normalized spacial score (nSPS) is 13.7. The number of carbonyl (C=O) groups is 2. The molecular weight excluding hydrogens is 389 g/mol. The second-order valence-corrected chi connectivity index (χ2v) is 7.27. The van der Waals surface area contributed by atoms with E-state index in [9.17, 15) is 22.8 Å². The molecule has 0 aliphatic carbocycles. The van der Waals surface area contributed by atoms with Crippen molar-refractivity contribution in [1.82, 2.24) is 4.98 Å². The summed E-state index contributed by atoms with van der Waals surface area (Å²) in [6.45, 7) is -0.125. The topological polar surface area (TPSA) is 50.3 Å². The van der Waals surface area contributed by atoms with E-state index in [-0.39, 0.29) is 24.7 Å². The van der Waals surface area contributed by atoms with Crippen LogP contribution in [0.1, 0.15) is 20.9 Å². The number of carbonyl (C=O) groups excluding carboxylic acids is 2. The SMILES string of the molecule is O=C(CN1C(=O)Cc2ncc(-c3cccc(C(F)(F)F)c3)cc21)c1cccs1. The molecule has 3 heterocycles. The Morgan fingerprint density at radius 3 is 2.68 bits per heavy atom. The van der Waals surface area contributed by atoms with Crippen molar-refractivity contribution in [2.45, 2.75) is 12.6 Å². The minimum Gasteiger partial charge on any atom is -0.302 e. The van der Waals surface area contributed by atoms with E-state index >= 15 is 0 Å². The van der Waals surface area contributed by atoms with E-state index in [0.717, 1.165) is 12.1 Å². The van der Waals surface area contributed by atoms with Gasteiger partial charge in [-0.05, 0) is 35.2 Å². The zero-order chi connectivity index (χ0) is 19.9. The second-order valence-electron chi connectivity index (χ2n) is 6.33. The van der Waals surface area contributed by atoms with Crippen molar-refractivity contribution in [3.8, 4) is 11.1 Å². The molecule has 0 spiro atoms. The molecule has 0 bridgehead atoms. The van der Waals surface area contributed by atoms with Crippen molar-refractivity contribution in [3.63, 3.8) is 0 Å². The molecule has 1 aromatic carbocycles. The standard InChI is InChI=1S/C20H13F3N2O2S/c21-20(22,23)14-4-1-3-12(7-14)13-8-16-15(24-10-13)9-19(27)25(16)11-17(26)18-5-2-6-28-18/h1-8,10H,9,11H2. The number of hydrogen-bond donors (Lipinski definition) is 0. The quantitative estimate of drug-likeness (QED) is 0.600. The van der Waals surface area contributed by atoms with Crippen LogP contribution in [0, 0.1) is 0 Å². The Balaban J connectivity index is 1.67. The number of hydrogen-bond acceptors (Lipinski definition) is 4. The summed E-state index contributed by atoms with van der Waals surface area (Å²) in [6.07, 6.45) is -2.93. The van der Waals surface area contributed by atoms with Crippen LogP contribution in [0.5, 0.6) is 0 Å². The van der Waals surface area contributed by atoms with E-state index in [1.807, 2.05) is 0 Å². The van der Waals surface area contributed by atoms with E-state index in [0.29, 0.717) is 27.4 Å². The lowest BCUT2D eigenvalue weighted by molar-refractivity contribution is -0.137. The van der Waals surface area contributed by atoms with Gasteiger partial charge in [0.25, 0.3) is 0 Å². The summed E-state index contributed by atoms with van der Waals surface area (Å²) in [7, 11) is 0. The minimum atomic E-state index is -4.45. The largest absolute Gasteiger partial charge is 0.416 e. The number of aromatic nitrogens is 1. The van der Waals surface area contributed by atoms with Crippen LogP contribution in [-0.4, -0.2) is 23.2 Å². The number of alkyl halides is 3. The van der Waals surface area contributed by atoms with Gasteiger partial charge in [0, 0.05) is 11.8 Å². The van der Waals surface area contributed by atoms with Crippen LogP contribution >= 0.6 is 11.3 Å². The van der Waals surface area contributed by atoms with Gasteiger partial charge >= 0.3 is 6.18 Å². The third-order valence-corrected chi connectivity index (χ3v) is 5.39. The van der Waals surface area contributed by atoms with Crippen molar-refractivity contribution >= 4 is 28.7 Å².